The Hall–Kier alpha value is -1.87. The third-order valence-corrected chi connectivity index (χ3v) is 2.57. The maximum absolute atomic E-state index is 11.5. The molecule has 0 radical (unpaired) electrons. The fraction of sp³-hybridized carbons (Fsp3) is 0.154. The first-order valence-corrected chi connectivity index (χ1v) is 5.19. The van der Waals surface area contributed by atoms with Crippen LogP contribution in [0.5, 0.6) is 0 Å². The Bertz CT molecular complexity index is 460. The zero-order valence-corrected chi connectivity index (χ0v) is 9.10. The van der Waals surface area contributed by atoms with E-state index in [0.717, 1.165) is 16.8 Å². The lowest BCUT2D eigenvalue weighted by Crippen LogP contribution is -2.37. The highest BCUT2D eigenvalue weighted by Crippen LogP contribution is 2.20. The summed E-state index contributed by atoms with van der Waals surface area (Å²) in [5.74, 6) is -0.167. The molecule has 0 aromatic heterocycles. The molecule has 1 amide bonds. The molecule has 1 aromatic rings. The average molecular weight is 214 g/mol. The fourth-order valence-corrected chi connectivity index (χ4v) is 1.68. The van der Waals surface area contributed by atoms with Gasteiger partial charge in [-0.2, -0.15) is 0 Å². The Morgan fingerprint density at radius 2 is 1.94 bits per heavy atom. The van der Waals surface area contributed by atoms with Crippen molar-refractivity contribution in [3.63, 3.8) is 0 Å². The van der Waals surface area contributed by atoms with E-state index in [1.54, 1.807) is 6.08 Å². The number of amides is 1. The Labute approximate surface area is 94.7 Å². The van der Waals surface area contributed by atoms with Crippen molar-refractivity contribution in [1.29, 1.82) is 0 Å². The molecule has 1 heterocycles. The predicted octanol–water partition coefficient (Wildman–Crippen LogP) is 1.43. The first-order chi connectivity index (χ1) is 7.68. The molecule has 0 fully saturated rings. The molecule has 1 unspecified atom stereocenters. The second kappa shape index (κ2) is 4.33. The van der Waals surface area contributed by atoms with Gasteiger partial charge in [0.15, 0.2) is 0 Å². The summed E-state index contributed by atoms with van der Waals surface area (Å²) in [6.45, 7) is 1.88. The van der Waals surface area contributed by atoms with Gasteiger partial charge in [0.2, 0.25) is 5.91 Å². The molecule has 0 aliphatic carbocycles. The molecule has 1 atom stereocenters. The molecule has 3 nitrogen and oxygen atoms in total. The van der Waals surface area contributed by atoms with Gasteiger partial charge in [0, 0.05) is 11.3 Å². The van der Waals surface area contributed by atoms with Gasteiger partial charge in [0.25, 0.3) is 0 Å². The van der Waals surface area contributed by atoms with Crippen LogP contribution in [0.2, 0.25) is 0 Å². The van der Waals surface area contributed by atoms with Gasteiger partial charge in [-0.25, -0.2) is 0 Å². The van der Waals surface area contributed by atoms with Gasteiger partial charge in [0.1, 0.15) is 6.04 Å². The summed E-state index contributed by atoms with van der Waals surface area (Å²) in [4.78, 5) is 11.5. The minimum absolute atomic E-state index is 0.167. The molecule has 1 aliphatic rings. The molecule has 1 aliphatic heterocycles. The van der Waals surface area contributed by atoms with Crippen LogP contribution in [0, 0.1) is 0 Å². The molecule has 3 heteroatoms. The maximum atomic E-state index is 11.5. The summed E-state index contributed by atoms with van der Waals surface area (Å²) in [6, 6.07) is 9.34. The van der Waals surface area contributed by atoms with Gasteiger partial charge in [-0.15, -0.1) is 0 Å². The molecular weight excluding hydrogens is 200 g/mol. The van der Waals surface area contributed by atoms with Crippen molar-refractivity contribution in [1.82, 2.24) is 5.32 Å². The Balaban J connectivity index is 2.43. The Morgan fingerprint density at radius 1 is 1.25 bits per heavy atom. The third-order valence-electron chi connectivity index (χ3n) is 2.57. The van der Waals surface area contributed by atoms with Crippen LogP contribution in [0.1, 0.15) is 12.5 Å². The summed E-state index contributed by atoms with van der Waals surface area (Å²) in [7, 11) is 0. The quantitative estimate of drug-likeness (QED) is 0.743. The van der Waals surface area contributed by atoms with Crippen molar-refractivity contribution in [2.75, 3.05) is 0 Å². The normalized spacial score (nSPS) is 20.6. The van der Waals surface area contributed by atoms with E-state index in [2.05, 4.69) is 5.32 Å². The molecule has 16 heavy (non-hydrogen) atoms. The highest BCUT2D eigenvalue weighted by Gasteiger charge is 2.15. The van der Waals surface area contributed by atoms with Crippen LogP contribution in [0.4, 0.5) is 0 Å². The summed E-state index contributed by atoms with van der Waals surface area (Å²) < 4.78 is 0. The summed E-state index contributed by atoms with van der Waals surface area (Å²) >= 11 is 0. The highest BCUT2D eigenvalue weighted by atomic mass is 16.2. The number of nitrogens with one attached hydrogen (secondary N) is 1. The second-order valence-corrected chi connectivity index (χ2v) is 3.78. The van der Waals surface area contributed by atoms with Crippen molar-refractivity contribution in [2.45, 2.75) is 13.0 Å². The molecule has 82 valence electrons. The van der Waals surface area contributed by atoms with Gasteiger partial charge >= 0.3 is 0 Å². The van der Waals surface area contributed by atoms with Crippen molar-refractivity contribution in [3.8, 4) is 0 Å². The smallest absolute Gasteiger partial charge is 0.245 e. The van der Waals surface area contributed by atoms with Crippen molar-refractivity contribution < 1.29 is 4.79 Å². The lowest BCUT2D eigenvalue weighted by molar-refractivity contribution is -0.120. The first kappa shape index (κ1) is 10.6. The summed E-state index contributed by atoms with van der Waals surface area (Å²) in [6.07, 6.45) is 3.61. The minimum atomic E-state index is -0.573. The minimum Gasteiger partial charge on any atom is -0.328 e. The van der Waals surface area contributed by atoms with E-state index in [4.69, 9.17) is 5.73 Å². The van der Waals surface area contributed by atoms with E-state index in [-0.39, 0.29) is 5.91 Å². The molecule has 0 saturated heterocycles. The molecule has 3 N–H and O–H groups in total. The van der Waals surface area contributed by atoms with Gasteiger partial charge < -0.3 is 11.1 Å². The fourth-order valence-electron chi connectivity index (χ4n) is 1.68. The van der Waals surface area contributed by atoms with E-state index in [1.165, 1.54) is 0 Å². The van der Waals surface area contributed by atoms with Crippen LogP contribution in [0.3, 0.4) is 0 Å². The van der Waals surface area contributed by atoms with Gasteiger partial charge in [-0.3, -0.25) is 4.79 Å². The standard InChI is InChI=1S/C13H14N2O/c1-9-11(10-5-3-2-4-6-10)7-8-12(14)13(16)15-9/h2-8,12H,14H2,1H3,(H,15,16). The van der Waals surface area contributed by atoms with Crippen LogP contribution >= 0.6 is 0 Å². The second-order valence-electron chi connectivity index (χ2n) is 3.78. The van der Waals surface area contributed by atoms with Crippen LogP contribution in [0.15, 0.2) is 48.2 Å². The van der Waals surface area contributed by atoms with Crippen LogP contribution in [-0.2, 0) is 4.79 Å². The average Bonchev–Trinajstić information content (AvgIpc) is 2.41. The maximum Gasteiger partial charge on any atom is 0.245 e. The number of hydrogen-bond donors (Lipinski definition) is 2. The number of carbonyl (C=O) groups is 1. The summed E-state index contributed by atoms with van der Waals surface area (Å²) in [5, 5.41) is 2.79. The zero-order chi connectivity index (χ0) is 11.5. The molecular formula is C13H14N2O. The number of rotatable bonds is 1. The highest BCUT2D eigenvalue weighted by molar-refractivity contribution is 5.90. The van der Waals surface area contributed by atoms with Crippen molar-refractivity contribution >= 4 is 11.5 Å². The van der Waals surface area contributed by atoms with Crippen LogP contribution < -0.4 is 11.1 Å². The van der Waals surface area contributed by atoms with E-state index in [1.807, 2.05) is 43.3 Å². The number of carbonyl (C=O) groups excluding carboxylic acids is 1. The Kier molecular flexibility index (Phi) is 2.88. The van der Waals surface area contributed by atoms with Gasteiger partial charge in [0.05, 0.1) is 0 Å². The number of benzene rings is 1. The molecule has 0 spiro atoms. The van der Waals surface area contributed by atoms with Crippen LogP contribution in [0.25, 0.3) is 5.57 Å². The number of hydrogen-bond acceptors (Lipinski definition) is 2. The summed E-state index contributed by atoms with van der Waals surface area (Å²) in [5.41, 5.74) is 8.57. The van der Waals surface area contributed by atoms with E-state index < -0.39 is 6.04 Å². The molecule has 1 aromatic carbocycles. The predicted molar refractivity (Wildman–Crippen MR) is 64.3 cm³/mol. The Morgan fingerprint density at radius 3 is 2.62 bits per heavy atom. The largest absolute Gasteiger partial charge is 0.328 e. The lowest BCUT2D eigenvalue weighted by Gasteiger charge is -2.08. The molecule has 0 saturated carbocycles. The van der Waals surface area contributed by atoms with E-state index in [0.29, 0.717) is 0 Å². The van der Waals surface area contributed by atoms with E-state index >= 15 is 0 Å². The van der Waals surface area contributed by atoms with Crippen LogP contribution in [-0.4, -0.2) is 11.9 Å². The zero-order valence-electron chi connectivity index (χ0n) is 9.10. The number of allylic oxidation sites excluding steroid dienone is 3. The van der Waals surface area contributed by atoms with Gasteiger partial charge in [-0.05, 0) is 12.5 Å². The van der Waals surface area contributed by atoms with Crippen molar-refractivity contribution in [3.05, 3.63) is 53.7 Å². The van der Waals surface area contributed by atoms with E-state index in [9.17, 15) is 4.79 Å². The van der Waals surface area contributed by atoms with Gasteiger partial charge in [-0.1, -0.05) is 42.5 Å². The third kappa shape index (κ3) is 2.04. The topological polar surface area (TPSA) is 55.1 Å². The first-order valence-electron chi connectivity index (χ1n) is 5.19. The monoisotopic (exact) mass is 214 g/mol. The van der Waals surface area contributed by atoms with Crippen molar-refractivity contribution in [2.24, 2.45) is 5.73 Å². The lowest BCUT2D eigenvalue weighted by atomic mass is 10.0. The SMILES string of the molecule is CC1=C(c2ccccc2)C=CC(N)C(=O)N1. The molecule has 2 rings (SSSR count). The number of nitrogens with two attached hydrogens (primary N) is 1. The molecule has 0 bridgehead atoms.